The van der Waals surface area contributed by atoms with E-state index in [2.05, 4.69) is 22.1 Å². The van der Waals surface area contributed by atoms with Crippen molar-refractivity contribution in [2.75, 3.05) is 52.5 Å². The van der Waals surface area contributed by atoms with Gasteiger partial charge in [-0.15, -0.1) is 6.58 Å². The molecular weight excluding hydrogens is 230 g/mol. The van der Waals surface area contributed by atoms with Gasteiger partial charge in [0.15, 0.2) is 0 Å². The summed E-state index contributed by atoms with van der Waals surface area (Å²) < 4.78 is 5.22. The highest BCUT2D eigenvalue weighted by Crippen LogP contribution is 1.92. The molecule has 1 fully saturated rings. The number of amides is 1. The molecular formula is C13H25N3O2. The highest BCUT2D eigenvalue weighted by Gasteiger charge is 2.09. The summed E-state index contributed by atoms with van der Waals surface area (Å²) in [4.78, 5) is 13.9. The van der Waals surface area contributed by atoms with Crippen LogP contribution < -0.4 is 10.6 Å². The Balaban J connectivity index is 1.91. The number of nitrogens with one attached hydrogen (secondary N) is 2. The molecule has 0 aliphatic carbocycles. The maximum Gasteiger partial charge on any atom is 0.220 e. The van der Waals surface area contributed by atoms with E-state index in [9.17, 15) is 4.79 Å². The first kappa shape index (κ1) is 15.1. The normalized spacial score (nSPS) is 16.4. The fraction of sp³-hybridized carbons (Fsp3) is 0.769. The zero-order valence-corrected chi connectivity index (χ0v) is 11.1. The molecule has 1 saturated heterocycles. The number of piperazine rings is 1. The van der Waals surface area contributed by atoms with Gasteiger partial charge in [-0.25, -0.2) is 0 Å². The molecule has 0 radical (unpaired) electrons. The first-order valence-electron chi connectivity index (χ1n) is 6.71. The summed E-state index contributed by atoms with van der Waals surface area (Å²) in [6, 6.07) is 0. The number of nitrogens with zero attached hydrogens (tertiary/aromatic N) is 1. The Morgan fingerprint density at radius 3 is 2.94 bits per heavy atom. The molecule has 0 spiro atoms. The second kappa shape index (κ2) is 10.1. The lowest BCUT2D eigenvalue weighted by atomic mass is 10.3. The van der Waals surface area contributed by atoms with Crippen LogP contribution in [0.3, 0.4) is 0 Å². The number of carbonyl (C=O) groups is 1. The van der Waals surface area contributed by atoms with Crippen LogP contribution in [0.5, 0.6) is 0 Å². The molecule has 1 aliphatic heterocycles. The first-order chi connectivity index (χ1) is 8.83. The fourth-order valence-corrected chi connectivity index (χ4v) is 1.88. The third-order valence-electron chi connectivity index (χ3n) is 2.89. The second-order valence-electron chi connectivity index (χ2n) is 4.41. The molecule has 104 valence electrons. The van der Waals surface area contributed by atoms with Gasteiger partial charge in [-0.1, -0.05) is 6.08 Å². The standard InChI is InChI=1S/C13H25N3O2/c1-2-11-18-12-3-4-13(17)15-7-10-16-8-5-14-6-9-16/h2,14H,1,3-12H2,(H,15,17). The van der Waals surface area contributed by atoms with E-state index in [0.29, 0.717) is 19.6 Å². The minimum absolute atomic E-state index is 0.118. The zero-order chi connectivity index (χ0) is 13.1. The maximum absolute atomic E-state index is 11.5. The van der Waals surface area contributed by atoms with Crippen LogP contribution in [0.1, 0.15) is 12.8 Å². The van der Waals surface area contributed by atoms with Crippen LogP contribution in [0.2, 0.25) is 0 Å². The minimum Gasteiger partial charge on any atom is -0.377 e. The van der Waals surface area contributed by atoms with Gasteiger partial charge in [0.2, 0.25) is 5.91 Å². The first-order valence-corrected chi connectivity index (χ1v) is 6.71. The van der Waals surface area contributed by atoms with Gasteiger partial charge in [0.05, 0.1) is 6.61 Å². The smallest absolute Gasteiger partial charge is 0.220 e. The lowest BCUT2D eigenvalue weighted by Gasteiger charge is -2.27. The number of hydrogen-bond acceptors (Lipinski definition) is 4. The molecule has 1 heterocycles. The van der Waals surface area contributed by atoms with E-state index >= 15 is 0 Å². The van der Waals surface area contributed by atoms with Gasteiger partial charge in [-0.05, 0) is 6.42 Å². The van der Waals surface area contributed by atoms with Crippen molar-refractivity contribution >= 4 is 5.91 Å². The minimum atomic E-state index is 0.118. The summed E-state index contributed by atoms with van der Waals surface area (Å²) in [6.07, 6.45) is 3.03. The van der Waals surface area contributed by atoms with Gasteiger partial charge >= 0.3 is 0 Å². The summed E-state index contributed by atoms with van der Waals surface area (Å²) in [7, 11) is 0. The van der Waals surface area contributed by atoms with Crippen LogP contribution >= 0.6 is 0 Å². The summed E-state index contributed by atoms with van der Waals surface area (Å²) >= 11 is 0. The third-order valence-corrected chi connectivity index (χ3v) is 2.89. The molecule has 0 atom stereocenters. The van der Waals surface area contributed by atoms with E-state index in [0.717, 1.165) is 45.7 Å². The van der Waals surface area contributed by atoms with Crippen molar-refractivity contribution in [3.8, 4) is 0 Å². The summed E-state index contributed by atoms with van der Waals surface area (Å²) in [6.45, 7) is 10.7. The van der Waals surface area contributed by atoms with E-state index in [1.54, 1.807) is 6.08 Å². The number of ether oxygens (including phenoxy) is 1. The van der Waals surface area contributed by atoms with Gasteiger partial charge in [-0.2, -0.15) is 0 Å². The van der Waals surface area contributed by atoms with Crippen LogP contribution in [0.25, 0.3) is 0 Å². The maximum atomic E-state index is 11.5. The van der Waals surface area contributed by atoms with Crippen LogP contribution in [0, 0.1) is 0 Å². The van der Waals surface area contributed by atoms with E-state index in [1.165, 1.54) is 0 Å². The lowest BCUT2D eigenvalue weighted by molar-refractivity contribution is -0.121. The monoisotopic (exact) mass is 255 g/mol. The van der Waals surface area contributed by atoms with Crippen molar-refractivity contribution in [2.24, 2.45) is 0 Å². The van der Waals surface area contributed by atoms with Crippen molar-refractivity contribution in [1.29, 1.82) is 0 Å². The van der Waals surface area contributed by atoms with Gasteiger partial charge in [0.1, 0.15) is 0 Å². The Labute approximate surface area is 110 Å². The SMILES string of the molecule is C=CCOCCCC(=O)NCCN1CCNCC1. The predicted molar refractivity (Wildman–Crippen MR) is 72.6 cm³/mol. The van der Waals surface area contributed by atoms with Gasteiger partial charge in [0.25, 0.3) is 0 Å². The number of carbonyl (C=O) groups excluding carboxylic acids is 1. The van der Waals surface area contributed by atoms with E-state index in [4.69, 9.17) is 4.74 Å². The Hall–Kier alpha value is -0.910. The highest BCUT2D eigenvalue weighted by molar-refractivity contribution is 5.75. The molecule has 0 aromatic carbocycles. The van der Waals surface area contributed by atoms with Crippen molar-refractivity contribution < 1.29 is 9.53 Å². The average Bonchev–Trinajstić information content (AvgIpc) is 2.40. The lowest BCUT2D eigenvalue weighted by Crippen LogP contribution is -2.46. The molecule has 1 amide bonds. The molecule has 1 rings (SSSR count). The number of rotatable bonds is 9. The molecule has 5 heteroatoms. The van der Waals surface area contributed by atoms with Crippen LogP contribution in [0.4, 0.5) is 0 Å². The van der Waals surface area contributed by atoms with Crippen LogP contribution in [-0.4, -0.2) is 63.3 Å². The van der Waals surface area contributed by atoms with Crippen LogP contribution in [0.15, 0.2) is 12.7 Å². The second-order valence-corrected chi connectivity index (χ2v) is 4.41. The topological polar surface area (TPSA) is 53.6 Å². The van der Waals surface area contributed by atoms with Crippen LogP contribution in [-0.2, 0) is 9.53 Å². The Bertz CT molecular complexity index is 240. The molecule has 0 saturated carbocycles. The summed E-state index contributed by atoms with van der Waals surface area (Å²) in [5.41, 5.74) is 0. The van der Waals surface area contributed by atoms with Crippen molar-refractivity contribution in [1.82, 2.24) is 15.5 Å². The van der Waals surface area contributed by atoms with E-state index in [1.807, 2.05) is 0 Å². The highest BCUT2D eigenvalue weighted by atomic mass is 16.5. The summed E-state index contributed by atoms with van der Waals surface area (Å²) in [5, 5.41) is 6.25. The molecule has 5 nitrogen and oxygen atoms in total. The molecule has 0 aromatic heterocycles. The Morgan fingerprint density at radius 2 is 2.22 bits per heavy atom. The van der Waals surface area contributed by atoms with Crippen molar-refractivity contribution in [3.63, 3.8) is 0 Å². The van der Waals surface area contributed by atoms with Gasteiger partial charge in [0, 0.05) is 52.3 Å². The fourth-order valence-electron chi connectivity index (χ4n) is 1.88. The van der Waals surface area contributed by atoms with Crippen molar-refractivity contribution in [3.05, 3.63) is 12.7 Å². The van der Waals surface area contributed by atoms with Crippen molar-refractivity contribution in [2.45, 2.75) is 12.8 Å². The van der Waals surface area contributed by atoms with E-state index < -0.39 is 0 Å². The number of hydrogen-bond donors (Lipinski definition) is 2. The molecule has 0 bridgehead atoms. The Morgan fingerprint density at radius 1 is 1.44 bits per heavy atom. The third kappa shape index (κ3) is 7.42. The molecule has 2 N–H and O–H groups in total. The largest absolute Gasteiger partial charge is 0.377 e. The van der Waals surface area contributed by atoms with E-state index in [-0.39, 0.29) is 5.91 Å². The zero-order valence-electron chi connectivity index (χ0n) is 11.1. The molecule has 1 aliphatic rings. The molecule has 18 heavy (non-hydrogen) atoms. The molecule has 0 aromatic rings. The quantitative estimate of drug-likeness (QED) is 0.449. The average molecular weight is 255 g/mol. The van der Waals surface area contributed by atoms with Gasteiger partial charge in [-0.3, -0.25) is 9.69 Å². The predicted octanol–water partition coefficient (Wildman–Crippen LogP) is -0.00940. The Kier molecular flexibility index (Phi) is 8.46. The summed E-state index contributed by atoms with van der Waals surface area (Å²) in [5.74, 6) is 0.118. The molecule has 0 unspecified atom stereocenters. The van der Waals surface area contributed by atoms with Gasteiger partial charge < -0.3 is 15.4 Å².